The second-order valence-electron chi connectivity index (χ2n) is 7.55. The van der Waals surface area contributed by atoms with Gasteiger partial charge in [0.15, 0.2) is 16.4 Å². The van der Waals surface area contributed by atoms with Crippen molar-refractivity contribution >= 4 is 9.84 Å². The second kappa shape index (κ2) is 11.1. The Labute approximate surface area is 191 Å². The summed E-state index contributed by atoms with van der Waals surface area (Å²) in [5, 5.41) is 0. The first-order valence-electron chi connectivity index (χ1n) is 9.95. The number of H-pyrrole nitrogens is 1. The van der Waals surface area contributed by atoms with Gasteiger partial charge in [-0.3, -0.25) is 14.3 Å². The molecule has 190 valence electrons. The summed E-state index contributed by atoms with van der Waals surface area (Å²) in [6.07, 6.45) is -4.38. The molecule has 1 heterocycles. The third-order valence-corrected chi connectivity index (χ3v) is 6.56. The van der Waals surface area contributed by atoms with Crippen molar-refractivity contribution in [3.63, 3.8) is 0 Å². The van der Waals surface area contributed by atoms with E-state index in [0.717, 1.165) is 10.6 Å². The first kappa shape index (κ1) is 27.5. The Morgan fingerprint density at radius 3 is 2.47 bits per heavy atom. The predicted molar refractivity (Wildman–Crippen MR) is 112 cm³/mol. The van der Waals surface area contributed by atoms with Crippen LogP contribution >= 0.6 is 0 Å². The van der Waals surface area contributed by atoms with Crippen molar-refractivity contribution in [2.45, 2.75) is 38.1 Å². The van der Waals surface area contributed by atoms with E-state index in [4.69, 9.17) is 4.74 Å². The lowest BCUT2D eigenvalue weighted by Crippen LogP contribution is -2.41. The molecule has 0 saturated heterocycles. The summed E-state index contributed by atoms with van der Waals surface area (Å²) in [7, 11) is -3.56. The lowest BCUT2D eigenvalue weighted by atomic mass is 10.0. The van der Waals surface area contributed by atoms with E-state index in [1.807, 2.05) is 4.98 Å². The lowest BCUT2D eigenvalue weighted by Gasteiger charge is -2.20. The Kier molecular flexibility index (Phi) is 9.00. The molecule has 0 aliphatic heterocycles. The average Bonchev–Trinajstić information content (AvgIpc) is 2.72. The highest BCUT2D eigenvalue weighted by atomic mass is 32.2. The number of nitrogens with zero attached hydrogens (tertiary/aromatic N) is 1. The number of ether oxygens (including phenoxy) is 2. The normalized spacial score (nSPS) is 13.6. The van der Waals surface area contributed by atoms with Gasteiger partial charge in [-0.25, -0.2) is 13.2 Å². The van der Waals surface area contributed by atoms with Gasteiger partial charge in [-0.2, -0.15) is 22.0 Å². The zero-order valence-electron chi connectivity index (χ0n) is 18.0. The van der Waals surface area contributed by atoms with Crippen molar-refractivity contribution in [1.29, 1.82) is 0 Å². The van der Waals surface area contributed by atoms with Crippen LogP contribution in [0.1, 0.15) is 24.8 Å². The van der Waals surface area contributed by atoms with Gasteiger partial charge in [-0.15, -0.1) is 0 Å². The molecule has 34 heavy (non-hydrogen) atoms. The minimum Gasteiger partial charge on any atom is -0.487 e. The van der Waals surface area contributed by atoms with E-state index in [9.17, 15) is 40.0 Å². The number of aromatic amines is 1. The molecule has 0 saturated carbocycles. The summed E-state index contributed by atoms with van der Waals surface area (Å²) >= 11 is 0. The molecule has 1 aromatic heterocycles. The van der Waals surface area contributed by atoms with Crippen molar-refractivity contribution < 1.29 is 39.8 Å². The van der Waals surface area contributed by atoms with Crippen LogP contribution in [0.4, 0.5) is 22.0 Å². The Hall–Kier alpha value is -2.74. The van der Waals surface area contributed by atoms with Gasteiger partial charge >= 0.3 is 17.8 Å². The third-order valence-electron chi connectivity index (χ3n) is 4.64. The molecule has 8 nitrogen and oxygen atoms in total. The van der Waals surface area contributed by atoms with Gasteiger partial charge in [-0.05, 0) is 30.0 Å². The number of hydrogen-bond donors (Lipinski definition) is 1. The van der Waals surface area contributed by atoms with Crippen LogP contribution in [-0.4, -0.2) is 54.8 Å². The largest absolute Gasteiger partial charge is 0.487 e. The van der Waals surface area contributed by atoms with Gasteiger partial charge in [-0.1, -0.05) is 19.1 Å². The molecule has 14 heteroatoms. The Bertz CT molecular complexity index is 1180. The maximum absolute atomic E-state index is 13.0. The Morgan fingerprint density at radius 1 is 1.12 bits per heavy atom. The minimum absolute atomic E-state index is 0.0237. The summed E-state index contributed by atoms with van der Waals surface area (Å²) in [6.45, 7) is -0.472. The Balaban J connectivity index is 1.84. The smallest absolute Gasteiger partial charge is 0.456 e. The summed E-state index contributed by atoms with van der Waals surface area (Å²) in [5.74, 6) is -6.37. The first-order valence-corrected chi connectivity index (χ1v) is 11.8. The van der Waals surface area contributed by atoms with Crippen LogP contribution in [0.5, 0.6) is 5.75 Å². The molecule has 2 rings (SSSR count). The number of hydrogen-bond acceptors (Lipinski definition) is 6. The molecule has 0 bridgehead atoms. The van der Waals surface area contributed by atoms with Gasteiger partial charge in [0, 0.05) is 18.9 Å². The summed E-state index contributed by atoms with van der Waals surface area (Å²) in [4.78, 5) is 24.6. The van der Waals surface area contributed by atoms with Crippen molar-refractivity contribution in [3.8, 4) is 5.75 Å². The Morgan fingerprint density at radius 2 is 1.82 bits per heavy atom. The van der Waals surface area contributed by atoms with Crippen LogP contribution in [0.15, 0.2) is 46.1 Å². The number of alkyl halides is 5. The van der Waals surface area contributed by atoms with Crippen molar-refractivity contribution in [3.05, 3.63) is 62.9 Å². The fourth-order valence-electron chi connectivity index (χ4n) is 2.82. The van der Waals surface area contributed by atoms with Crippen LogP contribution in [0.3, 0.4) is 0 Å². The molecule has 0 aliphatic carbocycles. The number of nitrogens with one attached hydrogen (secondary N) is 1. The summed E-state index contributed by atoms with van der Waals surface area (Å²) < 4.78 is 98.5. The van der Waals surface area contributed by atoms with E-state index in [-0.39, 0.29) is 37.0 Å². The molecule has 1 N–H and O–H groups in total. The molecular weight excluding hydrogens is 491 g/mol. The van der Waals surface area contributed by atoms with E-state index < -0.39 is 45.7 Å². The van der Waals surface area contributed by atoms with E-state index in [2.05, 4.69) is 4.74 Å². The van der Waals surface area contributed by atoms with E-state index >= 15 is 0 Å². The first-order chi connectivity index (χ1) is 15.7. The summed E-state index contributed by atoms with van der Waals surface area (Å²) in [5.41, 5.74) is -0.829. The van der Waals surface area contributed by atoms with Crippen LogP contribution in [0.2, 0.25) is 0 Å². The maximum Gasteiger partial charge on any atom is 0.456 e. The molecule has 2 aromatic rings. The molecule has 0 unspecified atom stereocenters. The molecule has 0 amide bonds. The van der Waals surface area contributed by atoms with E-state index in [1.165, 1.54) is 30.5 Å². The SMILES string of the molecule is C[C@@H](CS(=O)(=O)CCCOCn1ccc(=O)[nH]c1=O)c1cccc(OCC(F)(F)C(F)(F)F)c1. The topological polar surface area (TPSA) is 107 Å². The molecule has 1 atom stereocenters. The maximum atomic E-state index is 13.0. The highest BCUT2D eigenvalue weighted by molar-refractivity contribution is 7.91. The van der Waals surface area contributed by atoms with Crippen LogP contribution < -0.4 is 16.0 Å². The number of aromatic nitrogens is 2. The molecule has 0 spiro atoms. The number of rotatable bonds is 12. The van der Waals surface area contributed by atoms with Gasteiger partial charge < -0.3 is 9.47 Å². The zero-order chi connectivity index (χ0) is 25.6. The highest BCUT2D eigenvalue weighted by Crippen LogP contribution is 2.36. The zero-order valence-corrected chi connectivity index (χ0v) is 18.8. The number of halogens is 5. The molecule has 0 radical (unpaired) electrons. The van der Waals surface area contributed by atoms with E-state index in [1.54, 1.807) is 6.92 Å². The van der Waals surface area contributed by atoms with Crippen molar-refractivity contribution in [2.24, 2.45) is 0 Å². The highest BCUT2D eigenvalue weighted by Gasteiger charge is 2.58. The number of sulfone groups is 1. The second-order valence-corrected chi connectivity index (χ2v) is 9.78. The van der Waals surface area contributed by atoms with Gasteiger partial charge in [0.2, 0.25) is 0 Å². The average molecular weight is 514 g/mol. The van der Waals surface area contributed by atoms with E-state index in [0.29, 0.717) is 5.56 Å². The monoisotopic (exact) mass is 514 g/mol. The van der Waals surface area contributed by atoms with Gasteiger partial charge in [0.05, 0.1) is 11.5 Å². The quantitative estimate of drug-likeness (QED) is 0.345. The molecular formula is C20H23F5N2O6S. The standard InChI is InChI=1S/C20H23F5N2O6S/c1-14(15-4-2-5-16(10-15)33-12-19(21,22)20(23,24)25)11-34(30,31)9-3-8-32-13-27-7-6-17(28)26-18(27)29/h2,4-7,10,14H,3,8-9,11-13H2,1H3,(H,26,28,29)/t14-/m0/s1. The predicted octanol–water partition coefficient (Wildman–Crippen LogP) is 2.70. The molecule has 0 aliphatic rings. The van der Waals surface area contributed by atoms with Crippen LogP contribution in [0.25, 0.3) is 0 Å². The molecule has 0 fully saturated rings. The van der Waals surface area contributed by atoms with Crippen LogP contribution in [-0.2, 0) is 21.3 Å². The van der Waals surface area contributed by atoms with Gasteiger partial charge in [0.25, 0.3) is 5.56 Å². The van der Waals surface area contributed by atoms with Gasteiger partial charge in [0.1, 0.15) is 12.5 Å². The fraction of sp³-hybridized carbons (Fsp3) is 0.500. The van der Waals surface area contributed by atoms with Crippen molar-refractivity contribution in [1.82, 2.24) is 9.55 Å². The van der Waals surface area contributed by atoms with Crippen molar-refractivity contribution in [2.75, 3.05) is 24.7 Å². The third kappa shape index (κ3) is 8.24. The molecule has 1 aromatic carbocycles. The number of benzene rings is 1. The summed E-state index contributed by atoms with van der Waals surface area (Å²) in [6, 6.07) is 6.44. The fourth-order valence-corrected chi connectivity index (χ4v) is 4.50. The lowest BCUT2D eigenvalue weighted by molar-refractivity contribution is -0.290. The van der Waals surface area contributed by atoms with Crippen LogP contribution in [0, 0.1) is 0 Å². The minimum atomic E-state index is -5.74.